The van der Waals surface area contributed by atoms with Crippen LogP contribution in [0.3, 0.4) is 0 Å². The topological polar surface area (TPSA) is 43.4 Å². The highest BCUT2D eigenvalue weighted by Crippen LogP contribution is 2.30. The highest BCUT2D eigenvalue weighted by molar-refractivity contribution is 8.13. The smallest absolute Gasteiger partial charge is 0.387 e. The minimum absolute atomic E-state index is 0.781. The van der Waals surface area contributed by atoms with E-state index in [0.29, 0.717) is 0 Å². The molecule has 0 aliphatic carbocycles. The van der Waals surface area contributed by atoms with E-state index >= 15 is 0 Å². The van der Waals surface area contributed by atoms with Gasteiger partial charge in [0.1, 0.15) is 4.90 Å². The van der Waals surface area contributed by atoms with Crippen LogP contribution in [0.4, 0.5) is 13.2 Å². The molecule has 0 spiro atoms. The number of rotatable bonds is 3. The van der Waals surface area contributed by atoms with Crippen molar-refractivity contribution in [3.05, 3.63) is 24.0 Å². The number of halogens is 4. The highest BCUT2D eigenvalue weighted by Gasteiger charge is 2.22. The Kier molecular flexibility index (Phi) is 3.46. The number of ether oxygens (including phenoxy) is 1. The van der Waals surface area contributed by atoms with Crippen molar-refractivity contribution in [3.63, 3.8) is 0 Å². The molecule has 0 aliphatic rings. The molecule has 0 amide bonds. The van der Waals surface area contributed by atoms with Crippen molar-refractivity contribution < 1.29 is 26.3 Å². The number of alkyl halides is 2. The lowest BCUT2D eigenvalue weighted by molar-refractivity contribution is -0.0541. The van der Waals surface area contributed by atoms with Crippen LogP contribution in [-0.2, 0) is 9.05 Å². The average Bonchev–Trinajstić information content (AvgIpc) is 2.05. The van der Waals surface area contributed by atoms with Gasteiger partial charge in [-0.05, 0) is 12.1 Å². The normalized spacial score (nSPS) is 11.8. The molecule has 84 valence electrons. The molecular weight excluding hydrogens is 257 g/mol. The van der Waals surface area contributed by atoms with E-state index in [1.165, 1.54) is 0 Å². The van der Waals surface area contributed by atoms with E-state index in [2.05, 4.69) is 4.74 Å². The first-order chi connectivity index (χ1) is 6.82. The van der Waals surface area contributed by atoms with Crippen LogP contribution >= 0.6 is 10.7 Å². The summed E-state index contributed by atoms with van der Waals surface area (Å²) in [7, 11) is 0.572. The first-order valence-electron chi connectivity index (χ1n) is 3.50. The zero-order valence-corrected chi connectivity index (χ0v) is 8.53. The fraction of sp³-hybridized carbons (Fsp3) is 0.143. The summed E-state index contributed by atoms with van der Waals surface area (Å²) >= 11 is 0. The predicted octanol–water partition coefficient (Wildman–Crippen LogP) is 2.35. The van der Waals surface area contributed by atoms with Gasteiger partial charge in [-0.1, -0.05) is 6.07 Å². The zero-order chi connectivity index (χ0) is 11.6. The van der Waals surface area contributed by atoms with Crippen LogP contribution in [0.25, 0.3) is 0 Å². The Hall–Kier alpha value is -0.950. The molecule has 0 bridgehead atoms. The van der Waals surface area contributed by atoms with Gasteiger partial charge in [0.05, 0.1) is 0 Å². The van der Waals surface area contributed by atoms with Gasteiger partial charge in [-0.2, -0.15) is 8.78 Å². The molecule has 0 N–H and O–H groups in total. The largest absolute Gasteiger partial charge is 0.430 e. The Bertz CT molecular complexity index is 461. The monoisotopic (exact) mass is 260 g/mol. The average molecular weight is 261 g/mol. The molecule has 0 fully saturated rings. The van der Waals surface area contributed by atoms with E-state index in [4.69, 9.17) is 10.7 Å². The van der Waals surface area contributed by atoms with Crippen LogP contribution in [0.2, 0.25) is 0 Å². The van der Waals surface area contributed by atoms with Crippen LogP contribution in [0, 0.1) is 5.82 Å². The summed E-state index contributed by atoms with van der Waals surface area (Å²) in [6.45, 7) is -3.33. The van der Waals surface area contributed by atoms with E-state index in [-0.39, 0.29) is 0 Å². The molecule has 0 unspecified atom stereocenters. The third kappa shape index (κ3) is 3.00. The van der Waals surface area contributed by atoms with Crippen LogP contribution in [0.15, 0.2) is 23.1 Å². The maximum atomic E-state index is 13.0. The molecule has 0 atom stereocenters. The van der Waals surface area contributed by atoms with Crippen LogP contribution in [0.1, 0.15) is 0 Å². The lowest BCUT2D eigenvalue weighted by Gasteiger charge is -2.08. The predicted molar refractivity (Wildman–Crippen MR) is 46.1 cm³/mol. The molecule has 3 nitrogen and oxygen atoms in total. The maximum absolute atomic E-state index is 13.0. The quantitative estimate of drug-likeness (QED) is 0.784. The molecule has 0 heterocycles. The number of benzene rings is 1. The molecule has 1 aromatic carbocycles. The molecule has 1 aromatic rings. The Morgan fingerprint density at radius 3 is 2.40 bits per heavy atom. The van der Waals surface area contributed by atoms with Gasteiger partial charge in [-0.15, -0.1) is 0 Å². The van der Waals surface area contributed by atoms with Crippen LogP contribution < -0.4 is 4.74 Å². The summed E-state index contributed by atoms with van der Waals surface area (Å²) in [5, 5.41) is 0. The second-order valence-electron chi connectivity index (χ2n) is 2.38. The van der Waals surface area contributed by atoms with Crippen LogP contribution in [0.5, 0.6) is 5.75 Å². The van der Waals surface area contributed by atoms with Crippen molar-refractivity contribution in [1.29, 1.82) is 0 Å². The van der Waals surface area contributed by atoms with Gasteiger partial charge in [0.25, 0.3) is 9.05 Å². The van der Waals surface area contributed by atoms with E-state index in [9.17, 15) is 21.6 Å². The lowest BCUT2D eigenvalue weighted by Crippen LogP contribution is -2.07. The zero-order valence-electron chi connectivity index (χ0n) is 6.95. The van der Waals surface area contributed by atoms with Gasteiger partial charge in [0, 0.05) is 10.7 Å². The second kappa shape index (κ2) is 4.28. The van der Waals surface area contributed by atoms with Crippen molar-refractivity contribution in [2.75, 3.05) is 0 Å². The molecule has 0 radical (unpaired) electrons. The summed E-state index contributed by atoms with van der Waals surface area (Å²) in [5.74, 6) is -2.31. The molecule has 0 saturated heterocycles. The van der Waals surface area contributed by atoms with Gasteiger partial charge in [-0.3, -0.25) is 0 Å². The van der Waals surface area contributed by atoms with Crippen molar-refractivity contribution in [1.82, 2.24) is 0 Å². The Labute approximate surface area is 87.8 Å². The fourth-order valence-corrected chi connectivity index (χ4v) is 1.86. The van der Waals surface area contributed by atoms with Crippen molar-refractivity contribution in [3.8, 4) is 5.75 Å². The van der Waals surface area contributed by atoms with Gasteiger partial charge in [0.2, 0.25) is 0 Å². The number of hydrogen-bond acceptors (Lipinski definition) is 3. The molecule has 8 heteroatoms. The minimum Gasteiger partial charge on any atom is -0.430 e. The van der Waals surface area contributed by atoms with E-state index in [1.807, 2.05) is 0 Å². The first-order valence-corrected chi connectivity index (χ1v) is 5.81. The van der Waals surface area contributed by atoms with E-state index < -0.39 is 32.1 Å². The summed E-state index contributed by atoms with van der Waals surface area (Å²) in [6, 6.07) is 2.66. The Morgan fingerprint density at radius 1 is 1.33 bits per heavy atom. The molecule has 1 rings (SSSR count). The standard InChI is InChI=1S/C7H4ClF3O3S/c8-15(12,13)5-3-1-2-4(9)6(5)14-7(10)11/h1-3,7H. The van der Waals surface area contributed by atoms with Gasteiger partial charge < -0.3 is 4.74 Å². The molecule has 0 aromatic heterocycles. The molecule has 0 aliphatic heterocycles. The SMILES string of the molecule is O=S(=O)(Cl)c1cccc(F)c1OC(F)F. The van der Waals surface area contributed by atoms with E-state index in [0.717, 1.165) is 18.2 Å². The molecular formula is C7H4ClF3O3S. The third-order valence-electron chi connectivity index (χ3n) is 1.40. The van der Waals surface area contributed by atoms with Crippen molar-refractivity contribution >= 4 is 19.7 Å². The minimum atomic E-state index is -4.33. The molecule has 0 saturated carbocycles. The summed E-state index contributed by atoms with van der Waals surface area (Å²) < 4.78 is 62.1. The van der Waals surface area contributed by atoms with Crippen LogP contribution in [-0.4, -0.2) is 15.0 Å². The number of hydrogen-bond donors (Lipinski definition) is 0. The van der Waals surface area contributed by atoms with Gasteiger partial charge in [0.15, 0.2) is 11.6 Å². The summed E-state index contributed by atoms with van der Waals surface area (Å²) in [6.07, 6.45) is 0. The Morgan fingerprint density at radius 2 is 1.93 bits per heavy atom. The third-order valence-corrected chi connectivity index (χ3v) is 2.75. The summed E-state index contributed by atoms with van der Waals surface area (Å²) in [5.41, 5.74) is 0. The highest BCUT2D eigenvalue weighted by atomic mass is 35.7. The van der Waals surface area contributed by atoms with E-state index in [1.54, 1.807) is 0 Å². The lowest BCUT2D eigenvalue weighted by atomic mass is 10.3. The molecule has 15 heavy (non-hydrogen) atoms. The van der Waals surface area contributed by atoms with Gasteiger partial charge in [-0.25, -0.2) is 12.8 Å². The van der Waals surface area contributed by atoms with Crippen molar-refractivity contribution in [2.24, 2.45) is 0 Å². The first kappa shape index (κ1) is 12.1. The maximum Gasteiger partial charge on any atom is 0.387 e. The summed E-state index contributed by atoms with van der Waals surface area (Å²) in [4.78, 5) is -0.829. The van der Waals surface area contributed by atoms with Crippen molar-refractivity contribution in [2.45, 2.75) is 11.5 Å². The number of para-hydroxylation sites is 1. The second-order valence-corrected chi connectivity index (χ2v) is 4.92. The fourth-order valence-electron chi connectivity index (χ4n) is 0.885. The van der Waals surface area contributed by atoms with Gasteiger partial charge >= 0.3 is 6.61 Å². The Balaban J connectivity index is 3.33.